The standard InChI is InChI=1S/C16H11NO2/c1-18-14-4-2-3-12(8-14)16-9-13-6-5-11(10-17)7-15(13)19-16/h2-9H,1H3. The van der Waals surface area contributed by atoms with Crippen LogP contribution in [0.4, 0.5) is 0 Å². The summed E-state index contributed by atoms with van der Waals surface area (Å²) in [6.07, 6.45) is 0. The van der Waals surface area contributed by atoms with Crippen molar-refractivity contribution in [1.82, 2.24) is 0 Å². The first-order valence-electron chi connectivity index (χ1n) is 5.88. The predicted octanol–water partition coefficient (Wildman–Crippen LogP) is 3.98. The van der Waals surface area contributed by atoms with Crippen molar-refractivity contribution in [3.63, 3.8) is 0 Å². The van der Waals surface area contributed by atoms with Gasteiger partial charge in [0, 0.05) is 10.9 Å². The Morgan fingerprint density at radius 1 is 1.11 bits per heavy atom. The van der Waals surface area contributed by atoms with E-state index in [-0.39, 0.29) is 0 Å². The van der Waals surface area contributed by atoms with Crippen LogP contribution in [0, 0.1) is 11.3 Å². The topological polar surface area (TPSA) is 46.2 Å². The number of nitrogens with zero attached hydrogens (tertiary/aromatic N) is 1. The second-order valence-corrected chi connectivity index (χ2v) is 4.21. The van der Waals surface area contributed by atoms with Crippen molar-refractivity contribution in [2.75, 3.05) is 7.11 Å². The molecule has 3 rings (SSSR count). The van der Waals surface area contributed by atoms with Gasteiger partial charge in [-0.25, -0.2) is 0 Å². The molecule has 1 aromatic heterocycles. The molecular weight excluding hydrogens is 238 g/mol. The van der Waals surface area contributed by atoms with Crippen molar-refractivity contribution < 1.29 is 9.15 Å². The minimum Gasteiger partial charge on any atom is -0.497 e. The van der Waals surface area contributed by atoms with Crippen LogP contribution in [0.3, 0.4) is 0 Å². The lowest BCUT2D eigenvalue weighted by Gasteiger charge is -2.01. The van der Waals surface area contributed by atoms with Gasteiger partial charge in [-0.05, 0) is 36.4 Å². The average molecular weight is 249 g/mol. The first-order chi connectivity index (χ1) is 9.30. The van der Waals surface area contributed by atoms with E-state index in [1.807, 2.05) is 36.4 Å². The maximum atomic E-state index is 8.88. The van der Waals surface area contributed by atoms with Gasteiger partial charge < -0.3 is 9.15 Å². The average Bonchev–Trinajstić information content (AvgIpc) is 2.90. The Morgan fingerprint density at radius 3 is 2.79 bits per heavy atom. The molecule has 0 radical (unpaired) electrons. The van der Waals surface area contributed by atoms with Crippen LogP contribution in [0.2, 0.25) is 0 Å². The fourth-order valence-electron chi connectivity index (χ4n) is 2.02. The molecule has 0 aliphatic heterocycles. The van der Waals surface area contributed by atoms with E-state index >= 15 is 0 Å². The lowest BCUT2D eigenvalue weighted by atomic mass is 10.1. The van der Waals surface area contributed by atoms with Crippen LogP contribution in [0.15, 0.2) is 52.9 Å². The van der Waals surface area contributed by atoms with Gasteiger partial charge in [0.2, 0.25) is 0 Å². The summed E-state index contributed by atoms with van der Waals surface area (Å²) in [5, 5.41) is 9.86. The highest BCUT2D eigenvalue weighted by atomic mass is 16.5. The summed E-state index contributed by atoms with van der Waals surface area (Å²) >= 11 is 0. The second-order valence-electron chi connectivity index (χ2n) is 4.21. The van der Waals surface area contributed by atoms with Gasteiger partial charge in [-0.1, -0.05) is 12.1 Å². The quantitative estimate of drug-likeness (QED) is 0.690. The molecule has 2 aromatic carbocycles. The molecule has 1 heterocycles. The summed E-state index contributed by atoms with van der Waals surface area (Å²) in [5.41, 5.74) is 2.27. The Kier molecular flexibility index (Phi) is 2.70. The van der Waals surface area contributed by atoms with Gasteiger partial charge in [0.05, 0.1) is 18.7 Å². The van der Waals surface area contributed by atoms with Crippen LogP contribution >= 0.6 is 0 Å². The van der Waals surface area contributed by atoms with Crippen LogP contribution in [0.1, 0.15) is 5.56 Å². The Bertz CT molecular complexity index is 781. The summed E-state index contributed by atoms with van der Waals surface area (Å²) in [6, 6.07) is 17.2. The van der Waals surface area contributed by atoms with Crippen LogP contribution in [0.5, 0.6) is 5.75 Å². The summed E-state index contributed by atoms with van der Waals surface area (Å²) in [4.78, 5) is 0. The number of nitriles is 1. The molecule has 3 aromatic rings. The zero-order valence-electron chi connectivity index (χ0n) is 10.4. The van der Waals surface area contributed by atoms with Gasteiger partial charge in [0.25, 0.3) is 0 Å². The number of rotatable bonds is 2. The van der Waals surface area contributed by atoms with Crippen molar-refractivity contribution in [3.05, 3.63) is 54.1 Å². The summed E-state index contributed by atoms with van der Waals surface area (Å²) in [5.74, 6) is 1.56. The van der Waals surface area contributed by atoms with Crippen molar-refractivity contribution in [2.24, 2.45) is 0 Å². The normalized spacial score (nSPS) is 10.3. The van der Waals surface area contributed by atoms with Crippen LogP contribution in [0.25, 0.3) is 22.3 Å². The molecule has 0 saturated heterocycles. The minimum atomic E-state index is 0.596. The smallest absolute Gasteiger partial charge is 0.136 e. The fraction of sp³-hybridized carbons (Fsp3) is 0.0625. The van der Waals surface area contributed by atoms with E-state index in [1.54, 1.807) is 19.2 Å². The fourth-order valence-corrected chi connectivity index (χ4v) is 2.02. The lowest BCUT2D eigenvalue weighted by Crippen LogP contribution is -1.82. The van der Waals surface area contributed by atoms with E-state index in [4.69, 9.17) is 14.4 Å². The third-order valence-corrected chi connectivity index (χ3v) is 3.00. The molecule has 0 spiro atoms. The third-order valence-electron chi connectivity index (χ3n) is 3.00. The van der Waals surface area contributed by atoms with E-state index in [0.717, 1.165) is 28.0 Å². The predicted molar refractivity (Wildman–Crippen MR) is 72.9 cm³/mol. The highest BCUT2D eigenvalue weighted by Gasteiger charge is 2.07. The number of methoxy groups -OCH3 is 1. The van der Waals surface area contributed by atoms with Gasteiger partial charge in [-0.3, -0.25) is 0 Å². The van der Waals surface area contributed by atoms with E-state index < -0.39 is 0 Å². The minimum absolute atomic E-state index is 0.596. The molecule has 0 unspecified atom stereocenters. The summed E-state index contributed by atoms with van der Waals surface area (Å²) in [7, 11) is 1.64. The third kappa shape index (κ3) is 2.04. The lowest BCUT2D eigenvalue weighted by molar-refractivity contribution is 0.415. The largest absolute Gasteiger partial charge is 0.497 e. The number of ether oxygens (including phenoxy) is 1. The van der Waals surface area contributed by atoms with Gasteiger partial charge >= 0.3 is 0 Å². The number of hydrogen-bond acceptors (Lipinski definition) is 3. The van der Waals surface area contributed by atoms with Crippen molar-refractivity contribution in [3.8, 4) is 23.1 Å². The Balaban J connectivity index is 2.12. The van der Waals surface area contributed by atoms with E-state index in [1.165, 1.54) is 0 Å². The van der Waals surface area contributed by atoms with Crippen LogP contribution in [-0.4, -0.2) is 7.11 Å². The molecule has 0 aliphatic rings. The second kappa shape index (κ2) is 4.51. The van der Waals surface area contributed by atoms with Gasteiger partial charge in [-0.2, -0.15) is 5.26 Å². The van der Waals surface area contributed by atoms with Gasteiger partial charge in [-0.15, -0.1) is 0 Å². The maximum absolute atomic E-state index is 8.88. The Labute approximate surface area is 110 Å². The first kappa shape index (κ1) is 11.4. The molecule has 92 valence electrons. The zero-order valence-corrected chi connectivity index (χ0v) is 10.4. The van der Waals surface area contributed by atoms with Crippen molar-refractivity contribution >= 4 is 11.0 Å². The maximum Gasteiger partial charge on any atom is 0.136 e. The highest BCUT2D eigenvalue weighted by molar-refractivity contribution is 5.84. The molecule has 19 heavy (non-hydrogen) atoms. The van der Waals surface area contributed by atoms with Gasteiger partial charge in [0.15, 0.2) is 0 Å². The Morgan fingerprint density at radius 2 is 2.00 bits per heavy atom. The van der Waals surface area contributed by atoms with Crippen LogP contribution in [-0.2, 0) is 0 Å². The summed E-state index contributed by atoms with van der Waals surface area (Å²) < 4.78 is 11.0. The molecule has 0 saturated carbocycles. The molecule has 0 aliphatic carbocycles. The van der Waals surface area contributed by atoms with Gasteiger partial charge in [0.1, 0.15) is 17.1 Å². The number of benzene rings is 2. The molecule has 0 fully saturated rings. The molecule has 0 amide bonds. The Hall–Kier alpha value is -2.73. The van der Waals surface area contributed by atoms with E-state index in [9.17, 15) is 0 Å². The molecule has 3 nitrogen and oxygen atoms in total. The number of fused-ring (bicyclic) bond motifs is 1. The first-order valence-corrected chi connectivity index (χ1v) is 5.88. The van der Waals surface area contributed by atoms with E-state index in [0.29, 0.717) is 5.56 Å². The highest BCUT2D eigenvalue weighted by Crippen LogP contribution is 2.30. The molecule has 3 heteroatoms. The molecule has 0 bridgehead atoms. The number of hydrogen-bond donors (Lipinski definition) is 0. The van der Waals surface area contributed by atoms with E-state index in [2.05, 4.69) is 6.07 Å². The monoisotopic (exact) mass is 249 g/mol. The summed E-state index contributed by atoms with van der Waals surface area (Å²) in [6.45, 7) is 0. The molecular formula is C16H11NO2. The zero-order chi connectivity index (χ0) is 13.2. The number of furan rings is 1. The molecule has 0 atom stereocenters. The SMILES string of the molecule is COc1cccc(-c2cc3ccc(C#N)cc3o2)c1. The van der Waals surface area contributed by atoms with Crippen molar-refractivity contribution in [2.45, 2.75) is 0 Å². The molecule has 0 N–H and O–H groups in total. The van der Waals surface area contributed by atoms with Crippen LogP contribution < -0.4 is 4.74 Å². The van der Waals surface area contributed by atoms with Crippen molar-refractivity contribution in [1.29, 1.82) is 5.26 Å².